The molecule has 7 heteroatoms. The van der Waals surface area contributed by atoms with Gasteiger partial charge in [0.2, 0.25) is 5.91 Å². The molecule has 0 bridgehead atoms. The molecular formula is C13H21N3O3S. The Labute approximate surface area is 119 Å². The Morgan fingerprint density at radius 1 is 1.20 bits per heavy atom. The molecule has 0 spiro atoms. The fourth-order valence-electron chi connectivity index (χ4n) is 2.37. The van der Waals surface area contributed by atoms with Gasteiger partial charge < -0.3 is 4.57 Å². The van der Waals surface area contributed by atoms with Crippen molar-refractivity contribution >= 4 is 16.1 Å². The van der Waals surface area contributed by atoms with E-state index in [1.165, 1.54) is 4.31 Å². The molecule has 1 amide bonds. The van der Waals surface area contributed by atoms with Gasteiger partial charge in [-0.3, -0.25) is 4.79 Å². The highest BCUT2D eigenvalue weighted by Crippen LogP contribution is 2.14. The topological polar surface area (TPSA) is 71.4 Å². The molecule has 0 radical (unpaired) electrons. The van der Waals surface area contributed by atoms with E-state index in [-0.39, 0.29) is 12.5 Å². The molecule has 0 unspecified atom stereocenters. The number of nitrogens with zero attached hydrogens (tertiary/aromatic N) is 2. The average Bonchev–Trinajstić information content (AvgIpc) is 2.93. The van der Waals surface area contributed by atoms with Crippen molar-refractivity contribution in [1.82, 2.24) is 13.6 Å². The third-order valence-corrected chi connectivity index (χ3v) is 5.05. The Kier molecular flexibility index (Phi) is 4.82. The van der Waals surface area contributed by atoms with Gasteiger partial charge in [0.15, 0.2) is 0 Å². The second-order valence-electron chi connectivity index (χ2n) is 5.17. The molecule has 1 saturated heterocycles. The molecule has 1 aromatic rings. The zero-order chi connectivity index (χ0) is 14.6. The number of hydrogen-bond acceptors (Lipinski definition) is 3. The summed E-state index contributed by atoms with van der Waals surface area (Å²) in [6.45, 7) is 2.87. The number of carbonyl (C=O) groups is 1. The van der Waals surface area contributed by atoms with E-state index in [1.54, 1.807) is 0 Å². The fraction of sp³-hybridized carbons (Fsp3) is 0.615. The first-order chi connectivity index (χ1) is 9.49. The number of aromatic nitrogens is 1. The van der Waals surface area contributed by atoms with Crippen LogP contribution in [0.5, 0.6) is 0 Å². The van der Waals surface area contributed by atoms with E-state index in [2.05, 4.69) is 4.72 Å². The number of amides is 1. The van der Waals surface area contributed by atoms with Crippen LogP contribution in [0.1, 0.15) is 38.6 Å². The van der Waals surface area contributed by atoms with Gasteiger partial charge in [0.25, 0.3) is 0 Å². The Morgan fingerprint density at radius 2 is 1.80 bits per heavy atom. The number of carbonyl (C=O) groups excluding carboxylic acids is 1. The maximum absolute atomic E-state index is 12.1. The van der Waals surface area contributed by atoms with Crippen molar-refractivity contribution in [3.63, 3.8) is 0 Å². The van der Waals surface area contributed by atoms with Crippen LogP contribution >= 0.6 is 0 Å². The summed E-state index contributed by atoms with van der Waals surface area (Å²) in [7, 11) is -3.67. The predicted octanol–water partition coefficient (Wildman–Crippen LogP) is 1.29. The lowest BCUT2D eigenvalue weighted by Crippen LogP contribution is -2.45. The molecule has 1 atom stereocenters. The van der Waals surface area contributed by atoms with E-state index in [9.17, 15) is 13.2 Å². The summed E-state index contributed by atoms with van der Waals surface area (Å²) in [5.74, 6) is -0.461. The Hall–Kier alpha value is -1.34. The van der Waals surface area contributed by atoms with Crippen LogP contribution in [-0.2, 0) is 15.0 Å². The van der Waals surface area contributed by atoms with E-state index in [1.807, 2.05) is 36.0 Å². The first-order valence-electron chi connectivity index (χ1n) is 6.92. The standard InChI is InChI=1S/C13H21N3O3S/c1-12(15-7-5-6-8-15)11-13(17)14-20(18,19)16-9-3-2-4-10-16/h5-8,12H,2-4,9-11H2,1H3,(H,14,17)/t12-/m1/s1. The number of rotatable bonds is 5. The van der Waals surface area contributed by atoms with E-state index in [0.717, 1.165) is 19.3 Å². The normalized spacial score (nSPS) is 18.6. The van der Waals surface area contributed by atoms with Crippen molar-refractivity contribution in [2.45, 2.75) is 38.6 Å². The molecule has 1 N–H and O–H groups in total. The van der Waals surface area contributed by atoms with Gasteiger partial charge >= 0.3 is 10.2 Å². The van der Waals surface area contributed by atoms with Crippen LogP contribution in [0.25, 0.3) is 0 Å². The fourth-order valence-corrected chi connectivity index (χ4v) is 3.61. The van der Waals surface area contributed by atoms with Crippen LogP contribution in [0.15, 0.2) is 24.5 Å². The van der Waals surface area contributed by atoms with Crippen molar-refractivity contribution in [2.24, 2.45) is 0 Å². The molecule has 6 nitrogen and oxygen atoms in total. The zero-order valence-electron chi connectivity index (χ0n) is 11.7. The third-order valence-electron chi connectivity index (χ3n) is 3.52. The van der Waals surface area contributed by atoms with Crippen LogP contribution in [0.3, 0.4) is 0 Å². The van der Waals surface area contributed by atoms with Crippen LogP contribution in [0, 0.1) is 0 Å². The monoisotopic (exact) mass is 299 g/mol. The van der Waals surface area contributed by atoms with Gasteiger partial charge in [-0.2, -0.15) is 12.7 Å². The maximum atomic E-state index is 12.1. The Bertz CT molecular complexity index is 533. The minimum Gasteiger partial charge on any atom is -0.351 e. The summed E-state index contributed by atoms with van der Waals surface area (Å²) in [5.41, 5.74) is 0. The van der Waals surface area contributed by atoms with Crippen LogP contribution in [0.2, 0.25) is 0 Å². The zero-order valence-corrected chi connectivity index (χ0v) is 12.5. The molecule has 1 aliphatic rings. The summed E-state index contributed by atoms with van der Waals surface area (Å²) in [6.07, 6.45) is 6.62. The molecule has 1 aliphatic heterocycles. The first kappa shape index (κ1) is 15.1. The SMILES string of the molecule is C[C@H](CC(=O)NS(=O)(=O)N1CCCCC1)n1cccc1. The number of nitrogens with one attached hydrogen (secondary N) is 1. The van der Waals surface area contributed by atoms with Gasteiger partial charge in [-0.15, -0.1) is 0 Å². The molecule has 0 aliphatic carbocycles. The lowest BCUT2D eigenvalue weighted by atomic mass is 10.2. The lowest BCUT2D eigenvalue weighted by Gasteiger charge is -2.26. The second-order valence-corrected chi connectivity index (χ2v) is 6.84. The van der Waals surface area contributed by atoms with Crippen molar-refractivity contribution in [3.8, 4) is 0 Å². The maximum Gasteiger partial charge on any atom is 0.303 e. The summed E-state index contributed by atoms with van der Waals surface area (Å²) in [4.78, 5) is 11.9. The van der Waals surface area contributed by atoms with Gasteiger partial charge in [-0.05, 0) is 31.9 Å². The Balaban J connectivity index is 1.90. The first-order valence-corrected chi connectivity index (χ1v) is 8.36. The summed E-state index contributed by atoms with van der Waals surface area (Å²) >= 11 is 0. The molecule has 0 aromatic carbocycles. The highest BCUT2D eigenvalue weighted by Gasteiger charge is 2.26. The van der Waals surface area contributed by atoms with E-state index < -0.39 is 16.1 Å². The van der Waals surface area contributed by atoms with Gasteiger partial charge in [-0.25, -0.2) is 4.72 Å². The smallest absolute Gasteiger partial charge is 0.303 e. The van der Waals surface area contributed by atoms with Gasteiger partial charge in [0, 0.05) is 37.9 Å². The molecule has 0 saturated carbocycles. The predicted molar refractivity (Wildman–Crippen MR) is 76.2 cm³/mol. The van der Waals surface area contributed by atoms with Crippen molar-refractivity contribution < 1.29 is 13.2 Å². The van der Waals surface area contributed by atoms with Crippen molar-refractivity contribution in [3.05, 3.63) is 24.5 Å². The van der Waals surface area contributed by atoms with Gasteiger partial charge in [0.05, 0.1) is 0 Å². The molecule has 112 valence electrons. The summed E-state index contributed by atoms with van der Waals surface area (Å²) < 4.78 is 29.5. The van der Waals surface area contributed by atoms with Gasteiger partial charge in [0.1, 0.15) is 0 Å². The van der Waals surface area contributed by atoms with E-state index in [0.29, 0.717) is 13.1 Å². The number of hydrogen-bond donors (Lipinski definition) is 1. The summed E-state index contributed by atoms with van der Waals surface area (Å²) in [5, 5.41) is 0. The Morgan fingerprint density at radius 3 is 2.40 bits per heavy atom. The van der Waals surface area contributed by atoms with Crippen LogP contribution < -0.4 is 4.72 Å². The molecule has 20 heavy (non-hydrogen) atoms. The van der Waals surface area contributed by atoms with Gasteiger partial charge in [-0.1, -0.05) is 6.42 Å². The van der Waals surface area contributed by atoms with Crippen molar-refractivity contribution in [1.29, 1.82) is 0 Å². The van der Waals surface area contributed by atoms with Crippen molar-refractivity contribution in [2.75, 3.05) is 13.1 Å². The largest absolute Gasteiger partial charge is 0.351 e. The second kappa shape index (κ2) is 6.41. The quantitative estimate of drug-likeness (QED) is 0.890. The minimum atomic E-state index is -3.67. The molecule has 1 fully saturated rings. The summed E-state index contributed by atoms with van der Waals surface area (Å²) in [6, 6.07) is 3.68. The highest BCUT2D eigenvalue weighted by atomic mass is 32.2. The van der Waals surface area contributed by atoms with Crippen LogP contribution in [0.4, 0.5) is 0 Å². The number of piperidine rings is 1. The third kappa shape index (κ3) is 3.83. The highest BCUT2D eigenvalue weighted by molar-refractivity contribution is 7.87. The average molecular weight is 299 g/mol. The molecular weight excluding hydrogens is 278 g/mol. The van der Waals surface area contributed by atoms with E-state index in [4.69, 9.17) is 0 Å². The molecule has 2 heterocycles. The minimum absolute atomic E-state index is 0.0680. The van der Waals surface area contributed by atoms with Crippen LogP contribution in [-0.4, -0.2) is 36.3 Å². The molecule has 2 rings (SSSR count). The van der Waals surface area contributed by atoms with E-state index >= 15 is 0 Å². The lowest BCUT2D eigenvalue weighted by molar-refractivity contribution is -0.120. The molecule has 1 aromatic heterocycles.